The van der Waals surface area contributed by atoms with Crippen molar-refractivity contribution < 1.29 is 19.4 Å². The summed E-state index contributed by atoms with van der Waals surface area (Å²) in [5.74, 6) is -0.682. The van der Waals surface area contributed by atoms with E-state index in [0.29, 0.717) is 37.4 Å². The molecule has 1 saturated heterocycles. The highest BCUT2D eigenvalue weighted by Gasteiger charge is 2.37. The van der Waals surface area contributed by atoms with Crippen LogP contribution in [0.25, 0.3) is 0 Å². The van der Waals surface area contributed by atoms with Crippen LogP contribution in [-0.4, -0.2) is 47.2 Å². The fourth-order valence-corrected chi connectivity index (χ4v) is 2.34. The van der Waals surface area contributed by atoms with E-state index in [0.717, 1.165) is 0 Å². The van der Waals surface area contributed by atoms with Crippen molar-refractivity contribution in [1.82, 2.24) is 9.97 Å². The molecule has 2 rings (SSSR count). The van der Waals surface area contributed by atoms with Crippen LogP contribution in [-0.2, 0) is 9.53 Å². The average Bonchev–Trinajstić information content (AvgIpc) is 2.46. The molecule has 0 amide bonds. The summed E-state index contributed by atoms with van der Waals surface area (Å²) in [5.41, 5.74) is -0.0176. The number of aromatic nitrogens is 2. The maximum Gasteiger partial charge on any atom is 0.376 e. The number of hydrogen-bond donors (Lipinski definition) is 1. The number of methoxy groups -OCH3 is 1. The molecule has 7 heteroatoms. The van der Waals surface area contributed by atoms with Gasteiger partial charge in [0.05, 0.1) is 12.5 Å². The van der Waals surface area contributed by atoms with E-state index in [2.05, 4.69) is 14.7 Å². The molecule has 21 heavy (non-hydrogen) atoms. The molecule has 1 aromatic rings. The number of esters is 1. The van der Waals surface area contributed by atoms with Gasteiger partial charge in [0.15, 0.2) is 0 Å². The summed E-state index contributed by atoms with van der Waals surface area (Å²) in [5, 5.41) is 9.24. The van der Waals surface area contributed by atoms with Crippen molar-refractivity contribution in [3.8, 4) is 0 Å². The van der Waals surface area contributed by atoms with Crippen LogP contribution in [0.2, 0.25) is 0 Å². The van der Waals surface area contributed by atoms with Crippen LogP contribution in [0, 0.1) is 12.3 Å². The summed E-state index contributed by atoms with van der Waals surface area (Å²) < 4.78 is 4.64. The van der Waals surface area contributed by atoms with Crippen molar-refractivity contribution in [2.24, 2.45) is 5.41 Å². The maximum absolute atomic E-state index is 11.5. The number of nitrogens with zero attached hydrogens (tertiary/aromatic N) is 3. The van der Waals surface area contributed by atoms with E-state index in [1.807, 2.05) is 4.90 Å². The van der Waals surface area contributed by atoms with Crippen LogP contribution in [0.4, 0.5) is 5.82 Å². The van der Waals surface area contributed by atoms with Crippen molar-refractivity contribution >= 4 is 17.8 Å². The number of ether oxygens (including phenoxy) is 1. The third-order valence-corrected chi connectivity index (χ3v) is 3.92. The number of aliphatic carboxylic acids is 1. The first-order valence-electron chi connectivity index (χ1n) is 6.78. The molecule has 1 aliphatic rings. The molecule has 0 radical (unpaired) electrons. The third-order valence-electron chi connectivity index (χ3n) is 3.92. The second-order valence-electron chi connectivity index (χ2n) is 5.54. The highest BCUT2D eigenvalue weighted by atomic mass is 16.5. The number of carboxylic acids is 1. The van der Waals surface area contributed by atoms with Gasteiger partial charge in [-0.05, 0) is 26.7 Å². The highest BCUT2D eigenvalue weighted by molar-refractivity contribution is 5.85. The number of piperidine rings is 1. The zero-order valence-corrected chi connectivity index (χ0v) is 12.4. The predicted molar refractivity (Wildman–Crippen MR) is 75.3 cm³/mol. The van der Waals surface area contributed by atoms with Crippen molar-refractivity contribution in [2.75, 3.05) is 25.1 Å². The summed E-state index contributed by atoms with van der Waals surface area (Å²) in [6, 6.07) is 1.79. The first-order valence-corrected chi connectivity index (χ1v) is 6.78. The molecule has 2 heterocycles. The molecule has 1 fully saturated rings. The Hall–Kier alpha value is -2.18. The predicted octanol–water partition coefficient (Wildman–Crippen LogP) is 1.26. The van der Waals surface area contributed by atoms with Crippen LogP contribution in [0.15, 0.2) is 6.07 Å². The molecule has 114 valence electrons. The lowest BCUT2D eigenvalue weighted by Crippen LogP contribution is -2.43. The molecule has 0 aliphatic carbocycles. The fraction of sp³-hybridized carbons (Fsp3) is 0.571. The van der Waals surface area contributed by atoms with Crippen LogP contribution in [0.1, 0.15) is 36.1 Å². The quantitative estimate of drug-likeness (QED) is 0.839. The lowest BCUT2D eigenvalue weighted by molar-refractivity contribution is -0.149. The van der Waals surface area contributed by atoms with E-state index in [4.69, 9.17) is 0 Å². The minimum Gasteiger partial charge on any atom is -0.481 e. The number of carboxylic acid groups (broad SMARTS) is 1. The number of carbonyl (C=O) groups is 2. The zero-order chi connectivity index (χ0) is 15.6. The fourth-order valence-electron chi connectivity index (χ4n) is 2.34. The van der Waals surface area contributed by atoms with E-state index in [9.17, 15) is 14.7 Å². The molecule has 7 nitrogen and oxygen atoms in total. The van der Waals surface area contributed by atoms with Crippen LogP contribution >= 0.6 is 0 Å². The van der Waals surface area contributed by atoms with Gasteiger partial charge in [-0.15, -0.1) is 0 Å². The Kier molecular flexibility index (Phi) is 4.11. The molecule has 0 spiro atoms. The summed E-state index contributed by atoms with van der Waals surface area (Å²) in [4.78, 5) is 33.0. The Balaban J connectivity index is 2.19. The van der Waals surface area contributed by atoms with Gasteiger partial charge >= 0.3 is 11.9 Å². The van der Waals surface area contributed by atoms with Gasteiger partial charge in [-0.25, -0.2) is 14.8 Å². The van der Waals surface area contributed by atoms with Gasteiger partial charge in [-0.3, -0.25) is 4.79 Å². The Morgan fingerprint density at radius 2 is 1.95 bits per heavy atom. The smallest absolute Gasteiger partial charge is 0.376 e. The zero-order valence-electron chi connectivity index (χ0n) is 12.4. The second kappa shape index (κ2) is 5.67. The molecule has 0 atom stereocenters. The Labute approximate surface area is 123 Å². The van der Waals surface area contributed by atoms with Crippen molar-refractivity contribution in [1.29, 1.82) is 0 Å². The molecule has 1 aromatic heterocycles. The SMILES string of the molecule is COC(=O)c1nc(C)cc(N2CCC(C)(C(=O)O)CC2)n1. The van der Waals surface area contributed by atoms with Gasteiger partial charge in [-0.1, -0.05) is 0 Å². The molecular formula is C14H19N3O4. The van der Waals surface area contributed by atoms with Gasteiger partial charge in [0.2, 0.25) is 5.82 Å². The first kappa shape index (κ1) is 15.2. The van der Waals surface area contributed by atoms with Gasteiger partial charge in [0, 0.05) is 24.8 Å². The lowest BCUT2D eigenvalue weighted by atomic mass is 9.80. The molecule has 0 bridgehead atoms. The Morgan fingerprint density at radius 3 is 2.48 bits per heavy atom. The number of anilines is 1. The maximum atomic E-state index is 11.5. The van der Waals surface area contributed by atoms with E-state index < -0.39 is 17.4 Å². The number of rotatable bonds is 3. The van der Waals surface area contributed by atoms with E-state index >= 15 is 0 Å². The lowest BCUT2D eigenvalue weighted by Gasteiger charge is -2.37. The summed E-state index contributed by atoms with van der Waals surface area (Å²) >= 11 is 0. The van der Waals surface area contributed by atoms with Gasteiger partial charge in [0.25, 0.3) is 0 Å². The van der Waals surface area contributed by atoms with Crippen LogP contribution in [0.5, 0.6) is 0 Å². The van der Waals surface area contributed by atoms with Gasteiger partial charge in [-0.2, -0.15) is 0 Å². The molecule has 1 aliphatic heterocycles. The monoisotopic (exact) mass is 293 g/mol. The van der Waals surface area contributed by atoms with Gasteiger partial charge < -0.3 is 14.7 Å². The summed E-state index contributed by atoms with van der Waals surface area (Å²) in [7, 11) is 1.28. The Bertz CT molecular complexity index is 565. The topological polar surface area (TPSA) is 92.6 Å². The van der Waals surface area contributed by atoms with E-state index in [-0.39, 0.29) is 5.82 Å². The highest BCUT2D eigenvalue weighted by Crippen LogP contribution is 2.32. The third kappa shape index (κ3) is 3.12. The number of hydrogen-bond acceptors (Lipinski definition) is 6. The number of aryl methyl sites for hydroxylation is 1. The van der Waals surface area contributed by atoms with Crippen LogP contribution in [0.3, 0.4) is 0 Å². The standard InChI is InChI=1S/C14H19N3O4/c1-9-8-10(16-11(15-9)12(18)21-3)17-6-4-14(2,5-7-17)13(19)20/h8H,4-7H2,1-3H3,(H,19,20). The molecule has 1 N–H and O–H groups in total. The minimum atomic E-state index is -0.767. The van der Waals surface area contributed by atoms with E-state index in [1.165, 1.54) is 7.11 Å². The molecule has 0 unspecified atom stereocenters. The molecule has 0 saturated carbocycles. The second-order valence-corrected chi connectivity index (χ2v) is 5.54. The van der Waals surface area contributed by atoms with Crippen molar-refractivity contribution in [3.63, 3.8) is 0 Å². The normalized spacial score (nSPS) is 17.4. The largest absolute Gasteiger partial charge is 0.481 e. The van der Waals surface area contributed by atoms with Gasteiger partial charge in [0.1, 0.15) is 5.82 Å². The number of carbonyl (C=O) groups excluding carboxylic acids is 1. The minimum absolute atomic E-state index is 0.0269. The molecule has 0 aromatic carbocycles. The first-order chi connectivity index (χ1) is 9.85. The van der Waals surface area contributed by atoms with Crippen molar-refractivity contribution in [3.05, 3.63) is 17.6 Å². The molecular weight excluding hydrogens is 274 g/mol. The average molecular weight is 293 g/mol. The summed E-state index contributed by atoms with van der Waals surface area (Å²) in [6.45, 7) is 4.71. The van der Waals surface area contributed by atoms with E-state index in [1.54, 1.807) is 19.9 Å². The van der Waals surface area contributed by atoms with Crippen molar-refractivity contribution in [2.45, 2.75) is 26.7 Å². The summed E-state index contributed by atoms with van der Waals surface area (Å²) in [6.07, 6.45) is 1.08. The van der Waals surface area contributed by atoms with Crippen LogP contribution < -0.4 is 4.90 Å². The Morgan fingerprint density at radius 1 is 1.33 bits per heavy atom.